The summed E-state index contributed by atoms with van der Waals surface area (Å²) in [5.41, 5.74) is 2.18. The molecule has 4 heteroatoms. The molecule has 0 spiro atoms. The van der Waals surface area contributed by atoms with E-state index in [-0.39, 0.29) is 0 Å². The first-order chi connectivity index (χ1) is 7.75. The summed E-state index contributed by atoms with van der Waals surface area (Å²) in [7, 11) is 2.16. The van der Waals surface area contributed by atoms with E-state index in [0.717, 1.165) is 24.6 Å². The number of rotatable bonds is 1. The van der Waals surface area contributed by atoms with Crippen LogP contribution in [0.4, 0.5) is 0 Å². The van der Waals surface area contributed by atoms with Crippen LogP contribution in [0.5, 0.6) is 0 Å². The minimum absolute atomic E-state index is 0.529. The number of hydrogen-bond donors (Lipinski definition) is 0. The molecule has 1 unspecified atom stereocenters. The fourth-order valence-electron chi connectivity index (χ4n) is 2.54. The molecule has 1 aliphatic heterocycles. The molecular weight excluding hydrogens is 200 g/mol. The lowest BCUT2D eigenvalue weighted by Crippen LogP contribution is -2.14. The molecular formula is C12H16N4. The summed E-state index contributed by atoms with van der Waals surface area (Å²) in [5, 5.41) is 8.60. The van der Waals surface area contributed by atoms with Crippen LogP contribution in [0.15, 0.2) is 18.2 Å². The van der Waals surface area contributed by atoms with Crippen LogP contribution in [-0.2, 0) is 0 Å². The van der Waals surface area contributed by atoms with E-state index in [2.05, 4.69) is 39.5 Å². The third-order valence-corrected chi connectivity index (χ3v) is 3.41. The van der Waals surface area contributed by atoms with Crippen LogP contribution in [0.3, 0.4) is 0 Å². The molecule has 1 saturated heterocycles. The molecule has 4 nitrogen and oxygen atoms in total. The molecule has 0 aliphatic carbocycles. The Bertz CT molecular complexity index is 517. The van der Waals surface area contributed by atoms with Crippen molar-refractivity contribution in [1.82, 2.24) is 19.5 Å². The van der Waals surface area contributed by atoms with Crippen LogP contribution >= 0.6 is 0 Å². The van der Waals surface area contributed by atoms with Gasteiger partial charge in [-0.15, -0.1) is 10.2 Å². The fraction of sp³-hybridized carbons (Fsp3) is 0.500. The second-order valence-corrected chi connectivity index (χ2v) is 4.67. The zero-order valence-corrected chi connectivity index (χ0v) is 9.72. The zero-order chi connectivity index (χ0) is 11.1. The van der Waals surface area contributed by atoms with Gasteiger partial charge in [-0.05, 0) is 39.1 Å². The lowest BCUT2D eigenvalue weighted by atomic mass is 10.1. The molecule has 3 heterocycles. The largest absolute Gasteiger partial charge is 0.306 e. The van der Waals surface area contributed by atoms with E-state index < -0.39 is 0 Å². The van der Waals surface area contributed by atoms with Crippen LogP contribution in [0.2, 0.25) is 0 Å². The third-order valence-electron chi connectivity index (χ3n) is 3.41. The van der Waals surface area contributed by atoms with Crippen molar-refractivity contribution in [3.05, 3.63) is 29.7 Å². The number of aryl methyl sites for hydroxylation is 1. The summed E-state index contributed by atoms with van der Waals surface area (Å²) in [6.07, 6.45) is 1.19. The predicted octanol–water partition coefficient (Wildman–Crippen LogP) is 1.46. The summed E-state index contributed by atoms with van der Waals surface area (Å²) >= 11 is 0. The minimum Gasteiger partial charge on any atom is -0.306 e. The van der Waals surface area contributed by atoms with Crippen molar-refractivity contribution in [1.29, 1.82) is 0 Å². The smallest absolute Gasteiger partial charge is 0.160 e. The lowest BCUT2D eigenvalue weighted by molar-refractivity contribution is 0.409. The predicted molar refractivity (Wildman–Crippen MR) is 62.6 cm³/mol. The summed E-state index contributed by atoms with van der Waals surface area (Å²) in [4.78, 5) is 2.35. The maximum atomic E-state index is 4.36. The third kappa shape index (κ3) is 1.41. The Balaban J connectivity index is 2.10. The van der Waals surface area contributed by atoms with Gasteiger partial charge in [-0.1, -0.05) is 6.07 Å². The molecule has 3 rings (SSSR count). The van der Waals surface area contributed by atoms with E-state index in [4.69, 9.17) is 0 Å². The summed E-state index contributed by atoms with van der Waals surface area (Å²) in [6.45, 7) is 4.36. The first-order valence-electron chi connectivity index (χ1n) is 5.75. The Labute approximate surface area is 94.9 Å². The van der Waals surface area contributed by atoms with Crippen molar-refractivity contribution in [2.75, 3.05) is 20.1 Å². The molecule has 1 atom stereocenters. The first kappa shape index (κ1) is 9.78. The van der Waals surface area contributed by atoms with Crippen LogP contribution in [0, 0.1) is 6.92 Å². The van der Waals surface area contributed by atoms with Gasteiger partial charge in [0.05, 0.1) is 0 Å². The topological polar surface area (TPSA) is 33.4 Å². The molecule has 0 aromatic carbocycles. The van der Waals surface area contributed by atoms with Gasteiger partial charge in [-0.3, -0.25) is 4.40 Å². The highest BCUT2D eigenvalue weighted by molar-refractivity contribution is 5.40. The summed E-state index contributed by atoms with van der Waals surface area (Å²) in [6, 6.07) is 6.16. The fourth-order valence-corrected chi connectivity index (χ4v) is 2.54. The van der Waals surface area contributed by atoms with Gasteiger partial charge in [0, 0.05) is 18.2 Å². The number of nitrogens with zero attached hydrogens (tertiary/aromatic N) is 4. The van der Waals surface area contributed by atoms with E-state index >= 15 is 0 Å². The van der Waals surface area contributed by atoms with E-state index in [9.17, 15) is 0 Å². The second kappa shape index (κ2) is 3.56. The van der Waals surface area contributed by atoms with Gasteiger partial charge in [0.25, 0.3) is 0 Å². The number of aromatic nitrogens is 3. The van der Waals surface area contributed by atoms with Crippen molar-refractivity contribution >= 4 is 5.65 Å². The van der Waals surface area contributed by atoms with Crippen LogP contribution < -0.4 is 0 Å². The van der Waals surface area contributed by atoms with E-state index in [0.29, 0.717) is 5.92 Å². The summed E-state index contributed by atoms with van der Waals surface area (Å²) in [5.74, 6) is 1.65. The second-order valence-electron chi connectivity index (χ2n) is 4.67. The number of hydrogen-bond acceptors (Lipinski definition) is 3. The minimum atomic E-state index is 0.529. The van der Waals surface area contributed by atoms with Gasteiger partial charge in [-0.2, -0.15) is 0 Å². The SMILES string of the molecule is Cc1cccc2nnc(C3CCN(C)C3)n12. The van der Waals surface area contributed by atoms with Crippen molar-refractivity contribution in [3.63, 3.8) is 0 Å². The molecule has 2 aromatic rings. The van der Waals surface area contributed by atoms with E-state index in [1.807, 2.05) is 12.1 Å². The molecule has 16 heavy (non-hydrogen) atoms. The molecule has 0 amide bonds. The highest BCUT2D eigenvalue weighted by Gasteiger charge is 2.25. The highest BCUT2D eigenvalue weighted by atomic mass is 15.3. The molecule has 0 radical (unpaired) electrons. The molecule has 1 fully saturated rings. The number of likely N-dealkylation sites (N-methyl/N-ethyl adjacent to an activating group) is 1. The van der Waals surface area contributed by atoms with E-state index in [1.165, 1.54) is 12.1 Å². The maximum absolute atomic E-state index is 4.36. The van der Waals surface area contributed by atoms with Gasteiger partial charge >= 0.3 is 0 Å². The molecule has 0 saturated carbocycles. The Morgan fingerprint density at radius 2 is 2.19 bits per heavy atom. The molecule has 0 bridgehead atoms. The average molecular weight is 216 g/mol. The standard InChI is InChI=1S/C12H16N4/c1-9-4-3-5-11-13-14-12(16(9)11)10-6-7-15(2)8-10/h3-5,10H,6-8H2,1-2H3. The van der Waals surface area contributed by atoms with Gasteiger partial charge in [0.2, 0.25) is 0 Å². The van der Waals surface area contributed by atoms with Gasteiger partial charge in [0.15, 0.2) is 5.65 Å². The molecule has 0 N–H and O–H groups in total. The Kier molecular flexibility index (Phi) is 2.17. The Morgan fingerprint density at radius 1 is 1.31 bits per heavy atom. The van der Waals surface area contributed by atoms with Crippen LogP contribution in [0.25, 0.3) is 5.65 Å². The summed E-state index contributed by atoms with van der Waals surface area (Å²) < 4.78 is 2.18. The van der Waals surface area contributed by atoms with Gasteiger partial charge in [-0.25, -0.2) is 0 Å². The van der Waals surface area contributed by atoms with E-state index in [1.54, 1.807) is 0 Å². The van der Waals surface area contributed by atoms with Crippen LogP contribution in [-0.4, -0.2) is 39.6 Å². The molecule has 1 aliphatic rings. The quantitative estimate of drug-likeness (QED) is 0.723. The highest BCUT2D eigenvalue weighted by Crippen LogP contribution is 2.25. The van der Waals surface area contributed by atoms with Crippen molar-refractivity contribution in [2.45, 2.75) is 19.3 Å². The van der Waals surface area contributed by atoms with Gasteiger partial charge in [0.1, 0.15) is 5.82 Å². The van der Waals surface area contributed by atoms with Gasteiger partial charge < -0.3 is 4.90 Å². The maximum Gasteiger partial charge on any atom is 0.160 e. The molecule has 2 aromatic heterocycles. The van der Waals surface area contributed by atoms with Crippen molar-refractivity contribution < 1.29 is 0 Å². The number of pyridine rings is 1. The van der Waals surface area contributed by atoms with Crippen molar-refractivity contribution in [2.24, 2.45) is 0 Å². The van der Waals surface area contributed by atoms with Crippen LogP contribution in [0.1, 0.15) is 23.9 Å². The number of likely N-dealkylation sites (tertiary alicyclic amines) is 1. The number of fused-ring (bicyclic) bond motifs is 1. The monoisotopic (exact) mass is 216 g/mol. The lowest BCUT2D eigenvalue weighted by Gasteiger charge is -2.10. The normalized spacial score (nSPS) is 22.0. The van der Waals surface area contributed by atoms with Crippen molar-refractivity contribution in [3.8, 4) is 0 Å². The zero-order valence-electron chi connectivity index (χ0n) is 9.72. The average Bonchev–Trinajstić information content (AvgIpc) is 2.84. The molecule has 84 valence electrons. The Hall–Kier alpha value is -1.42. The Morgan fingerprint density at radius 3 is 2.94 bits per heavy atom. The first-order valence-corrected chi connectivity index (χ1v) is 5.75.